The Kier molecular flexibility index (Phi) is 1.21. The fraction of sp³-hybridized carbons (Fsp3) is 0.100. The summed E-state index contributed by atoms with van der Waals surface area (Å²) in [5, 5.41) is 0. The van der Waals surface area contributed by atoms with E-state index in [4.69, 9.17) is 10.2 Å². The summed E-state index contributed by atoms with van der Waals surface area (Å²) in [6.07, 6.45) is 1.91. The summed E-state index contributed by atoms with van der Waals surface area (Å²) in [5.41, 5.74) is 8.78. The van der Waals surface area contributed by atoms with Crippen molar-refractivity contribution in [2.75, 3.05) is 5.73 Å². The highest BCUT2D eigenvalue weighted by Gasteiger charge is 2.13. The summed E-state index contributed by atoms with van der Waals surface area (Å²) in [6.45, 7) is 1.84. The van der Waals surface area contributed by atoms with Crippen LogP contribution in [0.4, 0.5) is 5.69 Å². The molecule has 0 atom stereocenters. The van der Waals surface area contributed by atoms with Gasteiger partial charge in [0, 0.05) is 6.20 Å². The minimum atomic E-state index is 0.628. The van der Waals surface area contributed by atoms with E-state index in [0.29, 0.717) is 5.69 Å². The van der Waals surface area contributed by atoms with Crippen molar-refractivity contribution in [3.05, 3.63) is 30.2 Å². The molecule has 3 rings (SSSR count). The molecule has 0 aliphatic rings. The SMILES string of the molecule is Cc1oc2c(nc3ccccn32)c1N. The Morgan fingerprint density at radius 3 is 3.14 bits per heavy atom. The zero-order chi connectivity index (χ0) is 9.71. The molecule has 0 saturated heterocycles. The third kappa shape index (κ3) is 0.750. The predicted molar refractivity (Wildman–Crippen MR) is 54.1 cm³/mol. The molecule has 0 aliphatic carbocycles. The maximum Gasteiger partial charge on any atom is 0.233 e. The van der Waals surface area contributed by atoms with Crippen molar-refractivity contribution in [3.63, 3.8) is 0 Å². The molecule has 4 heteroatoms. The van der Waals surface area contributed by atoms with Crippen LogP contribution in [0.15, 0.2) is 28.8 Å². The van der Waals surface area contributed by atoms with Crippen molar-refractivity contribution in [3.8, 4) is 0 Å². The molecule has 0 saturated carbocycles. The summed E-state index contributed by atoms with van der Waals surface area (Å²) in [4.78, 5) is 4.38. The summed E-state index contributed by atoms with van der Waals surface area (Å²) in [5.74, 6) is 0.723. The van der Waals surface area contributed by atoms with Crippen LogP contribution in [0.25, 0.3) is 16.9 Å². The number of nitrogen functional groups attached to an aromatic ring is 1. The van der Waals surface area contributed by atoms with Gasteiger partial charge in [-0.15, -0.1) is 0 Å². The topological polar surface area (TPSA) is 56.5 Å². The lowest BCUT2D eigenvalue weighted by atomic mass is 10.4. The first-order valence-corrected chi connectivity index (χ1v) is 4.39. The number of hydrogen-bond acceptors (Lipinski definition) is 3. The number of hydrogen-bond donors (Lipinski definition) is 1. The normalized spacial score (nSPS) is 11.5. The Morgan fingerprint density at radius 2 is 2.29 bits per heavy atom. The third-order valence-electron chi connectivity index (χ3n) is 2.37. The van der Waals surface area contributed by atoms with Crippen LogP contribution in [0, 0.1) is 6.92 Å². The fourth-order valence-corrected chi connectivity index (χ4v) is 1.61. The van der Waals surface area contributed by atoms with Gasteiger partial charge in [-0.1, -0.05) is 6.07 Å². The van der Waals surface area contributed by atoms with E-state index in [1.807, 2.05) is 35.7 Å². The molecule has 14 heavy (non-hydrogen) atoms. The van der Waals surface area contributed by atoms with E-state index >= 15 is 0 Å². The molecule has 70 valence electrons. The van der Waals surface area contributed by atoms with Crippen molar-refractivity contribution in [2.45, 2.75) is 6.92 Å². The van der Waals surface area contributed by atoms with Crippen molar-refractivity contribution < 1.29 is 4.42 Å². The minimum Gasteiger partial charge on any atom is -0.440 e. The average Bonchev–Trinajstić information content (AvgIpc) is 2.67. The first-order chi connectivity index (χ1) is 6.77. The number of fused-ring (bicyclic) bond motifs is 3. The number of nitrogens with two attached hydrogens (primary N) is 1. The standard InChI is InChI=1S/C10H9N3O/c1-6-8(11)9-10(14-6)13-5-3-2-4-7(13)12-9/h2-5H,11H2,1H3. The zero-order valence-electron chi connectivity index (χ0n) is 7.69. The summed E-state index contributed by atoms with van der Waals surface area (Å²) in [6, 6.07) is 5.79. The second-order valence-corrected chi connectivity index (χ2v) is 3.27. The van der Waals surface area contributed by atoms with E-state index in [2.05, 4.69) is 4.98 Å². The second kappa shape index (κ2) is 2.29. The lowest BCUT2D eigenvalue weighted by Crippen LogP contribution is -1.84. The van der Waals surface area contributed by atoms with Gasteiger partial charge in [0.25, 0.3) is 0 Å². The van der Waals surface area contributed by atoms with Gasteiger partial charge < -0.3 is 10.2 Å². The van der Waals surface area contributed by atoms with Crippen molar-refractivity contribution in [2.24, 2.45) is 0 Å². The Balaban J connectivity index is 2.60. The van der Waals surface area contributed by atoms with Crippen LogP contribution in [-0.4, -0.2) is 9.38 Å². The van der Waals surface area contributed by atoms with Crippen LogP contribution in [0.5, 0.6) is 0 Å². The van der Waals surface area contributed by atoms with E-state index in [1.165, 1.54) is 0 Å². The molecule has 0 unspecified atom stereocenters. The van der Waals surface area contributed by atoms with Gasteiger partial charge in [-0.05, 0) is 19.1 Å². The average molecular weight is 187 g/mol. The molecule has 4 nitrogen and oxygen atoms in total. The largest absolute Gasteiger partial charge is 0.440 e. The first-order valence-electron chi connectivity index (χ1n) is 4.39. The number of anilines is 1. The van der Waals surface area contributed by atoms with Crippen LogP contribution in [-0.2, 0) is 0 Å². The van der Waals surface area contributed by atoms with Gasteiger partial charge in [-0.25, -0.2) is 4.98 Å². The number of aryl methyl sites for hydroxylation is 1. The monoisotopic (exact) mass is 187 g/mol. The van der Waals surface area contributed by atoms with Crippen LogP contribution < -0.4 is 5.73 Å². The summed E-state index contributed by atoms with van der Waals surface area (Å²) < 4.78 is 7.42. The maximum atomic E-state index is 5.83. The Hall–Kier alpha value is -1.97. The van der Waals surface area contributed by atoms with Crippen molar-refractivity contribution in [1.29, 1.82) is 0 Å². The van der Waals surface area contributed by atoms with Gasteiger partial charge in [0.1, 0.15) is 17.1 Å². The molecule has 0 aromatic carbocycles. The lowest BCUT2D eigenvalue weighted by Gasteiger charge is -1.90. The lowest BCUT2D eigenvalue weighted by molar-refractivity contribution is 0.566. The Bertz CT molecular complexity index is 621. The summed E-state index contributed by atoms with van der Waals surface area (Å²) in [7, 11) is 0. The van der Waals surface area contributed by atoms with Crippen molar-refractivity contribution in [1.82, 2.24) is 9.38 Å². The molecule has 0 bridgehead atoms. The van der Waals surface area contributed by atoms with Gasteiger partial charge in [0.2, 0.25) is 5.71 Å². The third-order valence-corrected chi connectivity index (χ3v) is 2.37. The number of imidazole rings is 1. The van der Waals surface area contributed by atoms with Gasteiger partial charge in [0.15, 0.2) is 5.52 Å². The predicted octanol–water partition coefficient (Wildman–Crippen LogP) is 1.97. The van der Waals surface area contributed by atoms with Gasteiger partial charge >= 0.3 is 0 Å². The first kappa shape index (κ1) is 7.44. The molecule has 0 amide bonds. The number of rotatable bonds is 0. The molecule has 3 heterocycles. The number of aromatic nitrogens is 2. The van der Waals surface area contributed by atoms with Gasteiger partial charge in [-0.3, -0.25) is 4.40 Å². The minimum absolute atomic E-state index is 0.628. The Labute approximate surface area is 80.0 Å². The fourth-order valence-electron chi connectivity index (χ4n) is 1.61. The smallest absolute Gasteiger partial charge is 0.233 e. The van der Waals surface area contributed by atoms with E-state index in [-0.39, 0.29) is 0 Å². The second-order valence-electron chi connectivity index (χ2n) is 3.27. The zero-order valence-corrected chi connectivity index (χ0v) is 7.69. The van der Waals surface area contributed by atoms with E-state index in [1.54, 1.807) is 0 Å². The van der Waals surface area contributed by atoms with Crippen LogP contribution >= 0.6 is 0 Å². The molecule has 0 radical (unpaired) electrons. The van der Waals surface area contributed by atoms with E-state index in [0.717, 1.165) is 22.6 Å². The maximum absolute atomic E-state index is 5.83. The highest BCUT2D eigenvalue weighted by molar-refractivity contribution is 5.88. The highest BCUT2D eigenvalue weighted by Crippen LogP contribution is 2.27. The quantitative estimate of drug-likeness (QED) is 0.585. The number of pyridine rings is 1. The molecule has 3 aromatic rings. The molecule has 2 N–H and O–H groups in total. The van der Waals surface area contributed by atoms with Gasteiger partial charge in [0.05, 0.1) is 0 Å². The van der Waals surface area contributed by atoms with E-state index in [9.17, 15) is 0 Å². The molecule has 0 spiro atoms. The highest BCUT2D eigenvalue weighted by atomic mass is 16.3. The van der Waals surface area contributed by atoms with E-state index < -0.39 is 0 Å². The molecule has 0 fully saturated rings. The number of nitrogens with zero attached hydrogens (tertiary/aromatic N) is 2. The van der Waals surface area contributed by atoms with Gasteiger partial charge in [-0.2, -0.15) is 0 Å². The van der Waals surface area contributed by atoms with Crippen LogP contribution in [0.1, 0.15) is 5.76 Å². The Morgan fingerprint density at radius 1 is 1.43 bits per heavy atom. The number of furan rings is 1. The molecular formula is C10H9N3O. The molecule has 0 aliphatic heterocycles. The van der Waals surface area contributed by atoms with Crippen LogP contribution in [0.2, 0.25) is 0 Å². The van der Waals surface area contributed by atoms with Crippen LogP contribution in [0.3, 0.4) is 0 Å². The molecule has 3 aromatic heterocycles. The summed E-state index contributed by atoms with van der Waals surface area (Å²) >= 11 is 0. The molecular weight excluding hydrogens is 178 g/mol. The van der Waals surface area contributed by atoms with Crippen molar-refractivity contribution >= 4 is 22.6 Å².